The summed E-state index contributed by atoms with van der Waals surface area (Å²) in [4.78, 5) is 74.2. The first-order valence-electron chi connectivity index (χ1n) is 22.5. The van der Waals surface area contributed by atoms with Crippen molar-refractivity contribution in [3.63, 3.8) is 0 Å². The highest BCUT2D eigenvalue weighted by Crippen LogP contribution is 2.36. The van der Waals surface area contributed by atoms with Gasteiger partial charge in [0.05, 0.1) is 35.0 Å². The molecule has 66 heavy (non-hydrogen) atoms. The zero-order valence-electron chi connectivity index (χ0n) is 38.2. The largest absolute Gasteiger partial charge is 0.444 e. The Morgan fingerprint density at radius 3 is 1.68 bits per heavy atom. The Balaban J connectivity index is 0.934. The van der Waals surface area contributed by atoms with Gasteiger partial charge in [-0.15, -0.1) is 0 Å². The highest BCUT2D eigenvalue weighted by Gasteiger charge is 2.39. The first kappa shape index (κ1) is 45.2. The number of nitrogens with one attached hydrogen (secondary N) is 4. The SMILES string of the molecule is CC(C)(C)OC(=O)N[C@@H](C(=O)N1CCC[C@H]1c1ncc(-c2ccc(C#Cc3ccc4nc([C@@H]5CCCN5C(=O)[C@H](NC(=O)OC(C)(C)C)c5ccccc5)[nH]c4c3)cc2)[nH]1)c1ccccc1. The molecule has 4 amide bonds. The number of imidazole rings is 2. The van der Waals surface area contributed by atoms with Crippen molar-refractivity contribution in [3.8, 4) is 23.1 Å². The Hall–Kier alpha value is -7.40. The van der Waals surface area contributed by atoms with Crippen molar-refractivity contribution in [2.45, 2.75) is 103 Å². The third kappa shape index (κ3) is 10.7. The van der Waals surface area contributed by atoms with Gasteiger partial charge in [0.15, 0.2) is 0 Å². The molecular formula is C52H56N8O6. The lowest BCUT2D eigenvalue weighted by Gasteiger charge is -2.29. The number of rotatable bonds is 9. The number of carbonyl (C=O) groups excluding carboxylic acids is 4. The molecule has 0 radical (unpaired) electrons. The summed E-state index contributed by atoms with van der Waals surface area (Å²) in [6.45, 7) is 11.8. The van der Waals surface area contributed by atoms with Crippen molar-refractivity contribution >= 4 is 35.0 Å². The highest BCUT2D eigenvalue weighted by molar-refractivity contribution is 5.88. The lowest BCUT2D eigenvalue weighted by molar-refractivity contribution is -0.135. The fraction of sp³-hybridized carbons (Fsp3) is 0.346. The second kappa shape index (κ2) is 19.0. The number of carbonyl (C=O) groups is 4. The maximum atomic E-state index is 14.2. The number of aromatic amines is 2. The van der Waals surface area contributed by atoms with Crippen molar-refractivity contribution < 1.29 is 28.7 Å². The molecule has 4 heterocycles. The summed E-state index contributed by atoms with van der Waals surface area (Å²) in [6.07, 6.45) is 3.52. The van der Waals surface area contributed by atoms with E-state index < -0.39 is 35.5 Å². The molecule has 6 aromatic rings. The van der Waals surface area contributed by atoms with Gasteiger partial charge in [-0.25, -0.2) is 19.6 Å². The molecule has 4 aromatic carbocycles. The van der Waals surface area contributed by atoms with Crippen molar-refractivity contribution in [1.82, 2.24) is 40.4 Å². The predicted octanol–water partition coefficient (Wildman–Crippen LogP) is 9.21. The molecule has 2 fully saturated rings. The van der Waals surface area contributed by atoms with Crippen LogP contribution in [0.5, 0.6) is 0 Å². The van der Waals surface area contributed by atoms with E-state index in [1.54, 1.807) is 57.5 Å². The first-order valence-corrected chi connectivity index (χ1v) is 22.5. The lowest BCUT2D eigenvalue weighted by atomic mass is 10.0. The Morgan fingerprint density at radius 2 is 1.15 bits per heavy atom. The van der Waals surface area contributed by atoms with Crippen LogP contribution >= 0.6 is 0 Å². The average Bonchev–Trinajstić information content (AvgIpc) is 4.13. The molecule has 340 valence electrons. The second-order valence-electron chi connectivity index (χ2n) is 18.7. The Morgan fingerprint density at radius 1 is 0.652 bits per heavy atom. The minimum absolute atomic E-state index is 0.224. The third-order valence-electron chi connectivity index (χ3n) is 11.4. The number of amides is 4. The average molecular weight is 889 g/mol. The van der Waals surface area contributed by atoms with Crippen LogP contribution in [0.3, 0.4) is 0 Å². The van der Waals surface area contributed by atoms with E-state index in [9.17, 15) is 19.2 Å². The molecule has 4 atom stereocenters. The fourth-order valence-corrected chi connectivity index (χ4v) is 8.47. The van der Waals surface area contributed by atoms with Crippen molar-refractivity contribution in [2.24, 2.45) is 0 Å². The van der Waals surface area contributed by atoms with Gasteiger partial charge in [0.1, 0.15) is 34.9 Å². The van der Waals surface area contributed by atoms with Gasteiger partial charge >= 0.3 is 12.2 Å². The van der Waals surface area contributed by atoms with Gasteiger partial charge in [0.2, 0.25) is 0 Å². The topological polar surface area (TPSA) is 175 Å². The Kier molecular flexibility index (Phi) is 13.0. The quantitative estimate of drug-likeness (QED) is 0.104. The monoisotopic (exact) mass is 888 g/mol. The van der Waals surface area contributed by atoms with Crippen LogP contribution in [0.1, 0.15) is 125 Å². The van der Waals surface area contributed by atoms with E-state index in [0.717, 1.165) is 59.1 Å². The van der Waals surface area contributed by atoms with Crippen LogP contribution < -0.4 is 10.6 Å². The first-order chi connectivity index (χ1) is 31.6. The van der Waals surface area contributed by atoms with Gasteiger partial charge in [-0.3, -0.25) is 9.59 Å². The zero-order valence-corrected chi connectivity index (χ0v) is 38.2. The summed E-state index contributed by atoms with van der Waals surface area (Å²) in [5.74, 6) is 7.47. The number of hydrogen-bond acceptors (Lipinski definition) is 8. The zero-order chi connectivity index (χ0) is 46.6. The summed E-state index contributed by atoms with van der Waals surface area (Å²) < 4.78 is 11.0. The smallest absolute Gasteiger partial charge is 0.408 e. The van der Waals surface area contributed by atoms with E-state index in [4.69, 9.17) is 19.4 Å². The van der Waals surface area contributed by atoms with Crippen LogP contribution in [0.2, 0.25) is 0 Å². The van der Waals surface area contributed by atoms with Crippen molar-refractivity contribution in [3.05, 3.63) is 143 Å². The number of fused-ring (bicyclic) bond motifs is 1. The van der Waals surface area contributed by atoms with Crippen LogP contribution in [0, 0.1) is 11.8 Å². The fourth-order valence-electron chi connectivity index (χ4n) is 8.47. The van der Waals surface area contributed by atoms with E-state index in [-0.39, 0.29) is 23.9 Å². The highest BCUT2D eigenvalue weighted by atomic mass is 16.6. The number of benzene rings is 4. The molecule has 0 bridgehead atoms. The molecular weight excluding hydrogens is 833 g/mol. The molecule has 14 nitrogen and oxygen atoms in total. The van der Waals surface area contributed by atoms with Gasteiger partial charge in [-0.1, -0.05) is 84.6 Å². The van der Waals surface area contributed by atoms with Crippen LogP contribution in [0.4, 0.5) is 9.59 Å². The van der Waals surface area contributed by atoms with Gasteiger partial charge in [-0.2, -0.15) is 0 Å². The van der Waals surface area contributed by atoms with Crippen LogP contribution in [0.25, 0.3) is 22.3 Å². The standard InChI is InChI=1S/C52H56N8O6/c1-51(2,3)65-49(63)57-43(36-15-9-7-10-16-36)47(61)59-29-13-19-41(59)45-53-32-40(56-45)35-26-23-33(24-27-35)21-22-34-25-28-38-39(31-34)55-46(54-38)42-20-14-30-60(42)48(62)44(37-17-11-8-12-18-37)58-50(64)66-52(4,5)6/h7-12,15-18,23-28,31-32,41-44H,13-14,19-20,29-30H2,1-6H3,(H,53,56)(H,54,55)(H,57,63)(H,58,64)/t41-,42-,43+,44+/m0/s1. The molecule has 0 spiro atoms. The van der Waals surface area contributed by atoms with Gasteiger partial charge in [0, 0.05) is 24.2 Å². The molecule has 0 saturated carbocycles. The number of hydrogen-bond donors (Lipinski definition) is 4. The molecule has 2 aliphatic rings. The number of aromatic nitrogens is 4. The molecule has 14 heteroatoms. The van der Waals surface area contributed by atoms with Crippen LogP contribution in [-0.2, 0) is 19.1 Å². The lowest BCUT2D eigenvalue weighted by Crippen LogP contribution is -2.44. The maximum absolute atomic E-state index is 14.2. The Bertz CT molecular complexity index is 2760. The van der Waals surface area contributed by atoms with E-state index in [1.165, 1.54) is 0 Å². The molecule has 2 aliphatic heterocycles. The minimum atomic E-state index is -0.921. The van der Waals surface area contributed by atoms with Crippen LogP contribution in [0.15, 0.2) is 109 Å². The normalized spacial score (nSPS) is 17.1. The summed E-state index contributed by atoms with van der Waals surface area (Å²) in [5.41, 5.74) is 4.85. The summed E-state index contributed by atoms with van der Waals surface area (Å²) in [5, 5.41) is 5.63. The summed E-state index contributed by atoms with van der Waals surface area (Å²) in [6, 6.07) is 29.7. The van der Waals surface area contributed by atoms with Gasteiger partial charge < -0.3 is 39.9 Å². The Labute approximate surface area is 384 Å². The number of H-pyrrole nitrogens is 2. The summed E-state index contributed by atoms with van der Waals surface area (Å²) >= 11 is 0. The van der Waals surface area contributed by atoms with Gasteiger partial charge in [0.25, 0.3) is 11.8 Å². The minimum Gasteiger partial charge on any atom is -0.444 e. The van der Waals surface area contributed by atoms with E-state index in [0.29, 0.717) is 35.9 Å². The molecule has 2 aromatic heterocycles. The van der Waals surface area contributed by atoms with E-state index >= 15 is 0 Å². The van der Waals surface area contributed by atoms with Crippen LogP contribution in [-0.4, -0.2) is 78.0 Å². The molecule has 2 saturated heterocycles. The maximum Gasteiger partial charge on any atom is 0.408 e. The van der Waals surface area contributed by atoms with Gasteiger partial charge in [-0.05, 0) is 114 Å². The molecule has 8 rings (SSSR count). The number of nitrogens with zero attached hydrogens (tertiary/aromatic N) is 4. The number of ether oxygens (including phenoxy) is 2. The van der Waals surface area contributed by atoms with Crippen molar-refractivity contribution in [2.75, 3.05) is 13.1 Å². The summed E-state index contributed by atoms with van der Waals surface area (Å²) in [7, 11) is 0. The number of alkyl carbamates (subject to hydrolysis) is 2. The molecule has 0 aliphatic carbocycles. The second-order valence-corrected chi connectivity index (χ2v) is 18.7. The van der Waals surface area contributed by atoms with Crippen molar-refractivity contribution in [1.29, 1.82) is 0 Å². The number of likely N-dealkylation sites (tertiary alicyclic amines) is 2. The van der Waals surface area contributed by atoms with E-state index in [2.05, 4.69) is 32.4 Å². The predicted molar refractivity (Wildman–Crippen MR) is 251 cm³/mol. The molecule has 0 unspecified atom stereocenters. The third-order valence-corrected chi connectivity index (χ3v) is 11.4. The molecule has 4 N–H and O–H groups in total. The van der Waals surface area contributed by atoms with E-state index in [1.807, 2.05) is 103 Å².